The molecule has 122 valence electrons. The Labute approximate surface area is 155 Å². The Morgan fingerprint density at radius 1 is 0.760 bits per heavy atom. The van der Waals surface area contributed by atoms with Crippen LogP contribution in [0.25, 0.3) is 21.7 Å². The number of nitrogens with one attached hydrogen (secondary N) is 1. The van der Waals surface area contributed by atoms with Crippen LogP contribution in [0.2, 0.25) is 5.02 Å². The molecule has 4 heteroatoms. The van der Waals surface area contributed by atoms with E-state index in [1.165, 1.54) is 0 Å². The maximum absolute atomic E-state index is 6.45. The molecule has 0 bridgehead atoms. The topological polar surface area (TPSA) is 24.9 Å². The number of thiazole rings is 1. The third kappa shape index (κ3) is 3.43. The maximum Gasteiger partial charge on any atom is 0.188 e. The average molecular weight is 363 g/mol. The summed E-state index contributed by atoms with van der Waals surface area (Å²) in [5, 5.41) is 4.97. The van der Waals surface area contributed by atoms with Gasteiger partial charge in [-0.3, -0.25) is 0 Å². The van der Waals surface area contributed by atoms with Crippen LogP contribution in [0.3, 0.4) is 0 Å². The minimum atomic E-state index is 0.731. The second-order valence-corrected chi connectivity index (χ2v) is 6.94. The molecule has 0 saturated carbocycles. The highest BCUT2D eigenvalue weighted by Crippen LogP contribution is 2.42. The number of halogens is 1. The fourth-order valence-electron chi connectivity index (χ4n) is 2.64. The summed E-state index contributed by atoms with van der Waals surface area (Å²) in [5.41, 5.74) is 4.04. The molecule has 0 fully saturated rings. The van der Waals surface area contributed by atoms with Gasteiger partial charge in [0.25, 0.3) is 0 Å². The van der Waals surface area contributed by atoms with Crippen molar-refractivity contribution in [1.82, 2.24) is 4.98 Å². The molecular weight excluding hydrogens is 348 g/mol. The smallest absolute Gasteiger partial charge is 0.188 e. The van der Waals surface area contributed by atoms with E-state index in [0.29, 0.717) is 0 Å². The lowest BCUT2D eigenvalue weighted by Crippen LogP contribution is -1.88. The molecule has 0 aliphatic rings. The molecule has 2 nitrogen and oxygen atoms in total. The van der Waals surface area contributed by atoms with Gasteiger partial charge >= 0.3 is 0 Å². The zero-order valence-corrected chi connectivity index (χ0v) is 14.9. The number of hydrogen-bond donors (Lipinski definition) is 1. The molecule has 1 heterocycles. The Balaban J connectivity index is 1.83. The number of rotatable bonds is 4. The van der Waals surface area contributed by atoms with Gasteiger partial charge < -0.3 is 5.32 Å². The van der Waals surface area contributed by atoms with Crippen molar-refractivity contribution in [2.75, 3.05) is 5.32 Å². The summed E-state index contributed by atoms with van der Waals surface area (Å²) in [7, 11) is 0. The zero-order chi connectivity index (χ0) is 17.1. The third-order valence-corrected chi connectivity index (χ3v) is 5.15. The molecular formula is C21H15ClN2S. The summed E-state index contributed by atoms with van der Waals surface area (Å²) >= 11 is 8.06. The van der Waals surface area contributed by atoms with Crippen molar-refractivity contribution in [2.45, 2.75) is 0 Å². The fraction of sp³-hybridized carbons (Fsp3) is 0. The Kier molecular flexibility index (Phi) is 4.51. The van der Waals surface area contributed by atoms with E-state index >= 15 is 0 Å². The van der Waals surface area contributed by atoms with Crippen LogP contribution in [0.15, 0.2) is 84.9 Å². The highest BCUT2D eigenvalue weighted by molar-refractivity contribution is 7.19. The number of para-hydroxylation sites is 1. The van der Waals surface area contributed by atoms with Crippen molar-refractivity contribution in [3.8, 4) is 21.7 Å². The molecule has 0 saturated heterocycles. The second-order valence-electron chi connectivity index (χ2n) is 5.53. The van der Waals surface area contributed by atoms with Crippen LogP contribution in [0, 0.1) is 0 Å². The SMILES string of the molecule is Clc1ccccc1-c1sc(Nc2ccccc2)nc1-c1ccccc1. The van der Waals surface area contributed by atoms with Gasteiger partial charge in [0, 0.05) is 21.8 Å². The Morgan fingerprint density at radius 2 is 1.40 bits per heavy atom. The number of aromatic nitrogens is 1. The van der Waals surface area contributed by atoms with E-state index in [2.05, 4.69) is 17.4 Å². The number of benzene rings is 3. The molecule has 0 spiro atoms. The van der Waals surface area contributed by atoms with E-state index in [4.69, 9.17) is 16.6 Å². The highest BCUT2D eigenvalue weighted by Gasteiger charge is 2.16. The summed E-state index contributed by atoms with van der Waals surface area (Å²) in [6.45, 7) is 0. The third-order valence-electron chi connectivity index (χ3n) is 3.82. The van der Waals surface area contributed by atoms with Gasteiger partial charge in [-0.25, -0.2) is 4.98 Å². The maximum atomic E-state index is 6.45. The van der Waals surface area contributed by atoms with Crippen LogP contribution in [0.4, 0.5) is 10.8 Å². The van der Waals surface area contributed by atoms with Crippen LogP contribution >= 0.6 is 22.9 Å². The number of hydrogen-bond acceptors (Lipinski definition) is 3. The largest absolute Gasteiger partial charge is 0.332 e. The summed E-state index contributed by atoms with van der Waals surface area (Å²) in [5.74, 6) is 0. The predicted molar refractivity (Wildman–Crippen MR) is 108 cm³/mol. The monoisotopic (exact) mass is 362 g/mol. The molecule has 3 aromatic carbocycles. The molecule has 25 heavy (non-hydrogen) atoms. The summed E-state index contributed by atoms with van der Waals surface area (Å²) < 4.78 is 0. The first-order chi connectivity index (χ1) is 12.3. The molecule has 4 rings (SSSR count). The van der Waals surface area contributed by atoms with Gasteiger partial charge in [-0.15, -0.1) is 0 Å². The van der Waals surface area contributed by atoms with E-state index in [-0.39, 0.29) is 0 Å². The van der Waals surface area contributed by atoms with Crippen molar-refractivity contribution in [3.05, 3.63) is 90.0 Å². The lowest BCUT2D eigenvalue weighted by atomic mass is 10.1. The van der Waals surface area contributed by atoms with E-state index < -0.39 is 0 Å². The van der Waals surface area contributed by atoms with Crippen molar-refractivity contribution in [1.29, 1.82) is 0 Å². The fourth-order valence-corrected chi connectivity index (χ4v) is 3.97. The molecule has 0 unspecified atom stereocenters. The van der Waals surface area contributed by atoms with Gasteiger partial charge in [0.15, 0.2) is 5.13 Å². The van der Waals surface area contributed by atoms with Gasteiger partial charge in [0.05, 0.1) is 10.6 Å². The van der Waals surface area contributed by atoms with Gasteiger partial charge in [-0.2, -0.15) is 0 Å². The Bertz CT molecular complexity index is 981. The first-order valence-corrected chi connectivity index (χ1v) is 9.14. The van der Waals surface area contributed by atoms with E-state index in [1.807, 2.05) is 72.8 Å². The molecule has 0 atom stereocenters. The standard InChI is InChI=1S/C21H15ClN2S/c22-18-14-8-7-13-17(18)20-19(15-9-3-1-4-10-15)24-21(25-20)23-16-11-5-2-6-12-16/h1-14H,(H,23,24). The van der Waals surface area contributed by atoms with Crippen LogP contribution in [0.5, 0.6) is 0 Å². The van der Waals surface area contributed by atoms with Crippen molar-refractivity contribution in [3.63, 3.8) is 0 Å². The van der Waals surface area contributed by atoms with Crippen LogP contribution in [0.1, 0.15) is 0 Å². The van der Waals surface area contributed by atoms with Crippen molar-refractivity contribution >= 4 is 33.8 Å². The van der Waals surface area contributed by atoms with Crippen LogP contribution < -0.4 is 5.32 Å². The summed E-state index contributed by atoms with van der Waals surface area (Å²) in [6, 6.07) is 28.1. The van der Waals surface area contributed by atoms with Crippen LogP contribution in [-0.4, -0.2) is 4.98 Å². The molecule has 1 aromatic heterocycles. The van der Waals surface area contributed by atoms with E-state index in [1.54, 1.807) is 11.3 Å². The first kappa shape index (κ1) is 15.9. The van der Waals surface area contributed by atoms with Gasteiger partial charge in [0.1, 0.15) is 0 Å². The zero-order valence-electron chi connectivity index (χ0n) is 13.3. The molecule has 0 amide bonds. The van der Waals surface area contributed by atoms with Crippen molar-refractivity contribution in [2.24, 2.45) is 0 Å². The Hall–Kier alpha value is -2.62. The predicted octanol–water partition coefficient (Wildman–Crippen LogP) is 6.87. The average Bonchev–Trinajstić information content (AvgIpc) is 3.07. The number of anilines is 2. The molecule has 1 N–H and O–H groups in total. The highest BCUT2D eigenvalue weighted by atomic mass is 35.5. The molecule has 0 radical (unpaired) electrons. The quantitative estimate of drug-likeness (QED) is 0.428. The number of nitrogens with zero attached hydrogens (tertiary/aromatic N) is 1. The van der Waals surface area contributed by atoms with Crippen molar-refractivity contribution < 1.29 is 0 Å². The van der Waals surface area contributed by atoms with E-state index in [0.717, 1.165) is 37.5 Å². The Morgan fingerprint density at radius 3 is 2.12 bits per heavy atom. The van der Waals surface area contributed by atoms with Gasteiger partial charge in [-0.1, -0.05) is 89.7 Å². The first-order valence-electron chi connectivity index (χ1n) is 7.94. The minimum absolute atomic E-state index is 0.731. The lowest BCUT2D eigenvalue weighted by molar-refractivity contribution is 1.38. The van der Waals surface area contributed by atoms with Crippen LogP contribution in [-0.2, 0) is 0 Å². The second kappa shape index (κ2) is 7.09. The lowest BCUT2D eigenvalue weighted by Gasteiger charge is -2.04. The molecule has 0 aliphatic heterocycles. The molecule has 4 aromatic rings. The van der Waals surface area contributed by atoms with Gasteiger partial charge in [-0.05, 0) is 18.2 Å². The summed E-state index contributed by atoms with van der Waals surface area (Å²) in [6.07, 6.45) is 0. The summed E-state index contributed by atoms with van der Waals surface area (Å²) in [4.78, 5) is 5.91. The van der Waals surface area contributed by atoms with E-state index in [9.17, 15) is 0 Å². The van der Waals surface area contributed by atoms with Gasteiger partial charge in [0.2, 0.25) is 0 Å². The minimum Gasteiger partial charge on any atom is -0.332 e. The normalized spacial score (nSPS) is 10.6. The molecule has 0 aliphatic carbocycles.